The van der Waals surface area contributed by atoms with E-state index in [9.17, 15) is 5.11 Å². The van der Waals surface area contributed by atoms with Crippen LogP contribution in [0.3, 0.4) is 0 Å². The first kappa shape index (κ1) is 19.3. The first-order valence-electron chi connectivity index (χ1n) is 10.0. The van der Waals surface area contributed by atoms with Crippen molar-refractivity contribution in [2.24, 2.45) is 0 Å². The van der Waals surface area contributed by atoms with E-state index in [1.165, 1.54) is 0 Å². The number of phenols is 1. The van der Waals surface area contributed by atoms with Crippen molar-refractivity contribution in [2.75, 3.05) is 0 Å². The minimum absolute atomic E-state index is 0.0774. The van der Waals surface area contributed by atoms with E-state index in [0.717, 1.165) is 22.6 Å². The summed E-state index contributed by atoms with van der Waals surface area (Å²) in [5.74, 6) is 0.241. The van der Waals surface area contributed by atoms with Crippen molar-refractivity contribution in [1.82, 2.24) is 24.8 Å². The Hall–Kier alpha value is -3.71. The number of thiocarbonyl (C=S) groups is 1. The third-order valence-corrected chi connectivity index (χ3v) is 5.84. The molecule has 0 bridgehead atoms. The SMILES string of the molecule is Oc1ccc(-n2cccc2[C@@H]2[C@@H](c3ccccn3)NC(=S)N2Cc2cccnc2)cc1. The van der Waals surface area contributed by atoms with Crippen LogP contribution in [0.2, 0.25) is 0 Å². The zero-order valence-electron chi connectivity index (χ0n) is 16.7. The van der Waals surface area contributed by atoms with E-state index in [-0.39, 0.29) is 17.8 Å². The molecule has 1 aliphatic rings. The molecule has 7 heteroatoms. The monoisotopic (exact) mass is 427 g/mol. The Labute approximate surface area is 185 Å². The fourth-order valence-corrected chi connectivity index (χ4v) is 4.37. The fourth-order valence-electron chi connectivity index (χ4n) is 4.07. The average molecular weight is 428 g/mol. The number of phenolic OH excluding ortho intramolecular Hbond substituents is 1. The molecule has 0 amide bonds. The Morgan fingerprint density at radius 3 is 2.58 bits per heavy atom. The molecular weight excluding hydrogens is 406 g/mol. The van der Waals surface area contributed by atoms with E-state index in [1.807, 2.05) is 54.9 Å². The third-order valence-electron chi connectivity index (χ3n) is 5.48. The first-order valence-corrected chi connectivity index (χ1v) is 10.4. The van der Waals surface area contributed by atoms with E-state index in [4.69, 9.17) is 12.2 Å². The van der Waals surface area contributed by atoms with Crippen LogP contribution in [0.15, 0.2) is 91.5 Å². The normalized spacial score (nSPS) is 18.2. The first-order chi connectivity index (χ1) is 15.2. The summed E-state index contributed by atoms with van der Waals surface area (Å²) in [6.07, 6.45) is 7.47. The number of aromatic nitrogens is 3. The summed E-state index contributed by atoms with van der Waals surface area (Å²) in [5, 5.41) is 13.9. The number of hydrogen-bond acceptors (Lipinski definition) is 4. The van der Waals surface area contributed by atoms with Crippen LogP contribution in [-0.2, 0) is 6.54 Å². The Balaban J connectivity index is 1.60. The van der Waals surface area contributed by atoms with Gasteiger partial charge < -0.3 is 19.9 Å². The van der Waals surface area contributed by atoms with Gasteiger partial charge >= 0.3 is 0 Å². The van der Waals surface area contributed by atoms with Gasteiger partial charge in [0.25, 0.3) is 0 Å². The Morgan fingerprint density at radius 1 is 0.968 bits per heavy atom. The summed E-state index contributed by atoms with van der Waals surface area (Å²) in [4.78, 5) is 11.1. The van der Waals surface area contributed by atoms with Crippen molar-refractivity contribution in [3.63, 3.8) is 0 Å². The second-order valence-corrected chi connectivity index (χ2v) is 7.82. The highest BCUT2D eigenvalue weighted by atomic mass is 32.1. The van der Waals surface area contributed by atoms with Gasteiger partial charge in [-0.1, -0.05) is 12.1 Å². The number of aromatic hydroxyl groups is 1. The van der Waals surface area contributed by atoms with E-state index in [0.29, 0.717) is 11.7 Å². The molecule has 2 atom stereocenters. The number of nitrogens with one attached hydrogen (secondary N) is 1. The molecule has 4 aromatic rings. The second kappa shape index (κ2) is 8.20. The molecule has 0 spiro atoms. The van der Waals surface area contributed by atoms with Crippen molar-refractivity contribution < 1.29 is 5.11 Å². The third kappa shape index (κ3) is 3.75. The smallest absolute Gasteiger partial charge is 0.170 e. The Morgan fingerprint density at radius 2 is 1.84 bits per heavy atom. The van der Waals surface area contributed by atoms with Gasteiger partial charge in [-0.2, -0.15) is 0 Å². The average Bonchev–Trinajstić information content (AvgIpc) is 3.40. The van der Waals surface area contributed by atoms with Gasteiger partial charge in [0, 0.05) is 42.7 Å². The molecule has 31 heavy (non-hydrogen) atoms. The van der Waals surface area contributed by atoms with Crippen molar-refractivity contribution in [3.05, 3.63) is 108 Å². The van der Waals surface area contributed by atoms with Crippen LogP contribution in [0.1, 0.15) is 29.0 Å². The summed E-state index contributed by atoms with van der Waals surface area (Å²) in [6.45, 7) is 0.633. The lowest BCUT2D eigenvalue weighted by Crippen LogP contribution is -2.30. The lowest BCUT2D eigenvalue weighted by atomic mass is 10.0. The standard InChI is InChI=1S/C24H21N5OS/c30-19-10-8-18(9-11-19)28-14-4-7-21(28)23-22(20-6-1-2-13-26-20)27-24(31)29(23)16-17-5-3-12-25-15-17/h1-15,22-23,30H,16H2,(H,27,31)/t22-,23-/m1/s1. The van der Waals surface area contributed by atoms with Crippen molar-refractivity contribution in [2.45, 2.75) is 18.6 Å². The molecule has 0 saturated carbocycles. The predicted octanol–water partition coefficient (Wildman–Crippen LogP) is 4.15. The largest absolute Gasteiger partial charge is 0.508 e. The topological polar surface area (TPSA) is 66.2 Å². The van der Waals surface area contributed by atoms with Crippen LogP contribution in [-0.4, -0.2) is 29.7 Å². The molecule has 0 unspecified atom stereocenters. The highest BCUT2D eigenvalue weighted by Gasteiger charge is 2.41. The highest BCUT2D eigenvalue weighted by molar-refractivity contribution is 7.80. The maximum absolute atomic E-state index is 9.71. The van der Waals surface area contributed by atoms with Gasteiger partial charge in [-0.05, 0) is 72.4 Å². The Kier molecular flexibility index (Phi) is 5.09. The van der Waals surface area contributed by atoms with Crippen LogP contribution in [0.4, 0.5) is 0 Å². The van der Waals surface area contributed by atoms with Crippen LogP contribution in [0.25, 0.3) is 5.69 Å². The zero-order valence-corrected chi connectivity index (χ0v) is 17.5. The molecule has 1 saturated heterocycles. The lowest BCUT2D eigenvalue weighted by molar-refractivity contribution is 0.302. The van der Waals surface area contributed by atoms with Crippen LogP contribution in [0, 0.1) is 0 Å². The molecule has 2 N–H and O–H groups in total. The fraction of sp³-hybridized carbons (Fsp3) is 0.125. The number of nitrogens with zero attached hydrogens (tertiary/aromatic N) is 4. The van der Waals surface area contributed by atoms with Crippen molar-refractivity contribution in [1.29, 1.82) is 0 Å². The molecule has 5 rings (SSSR count). The maximum Gasteiger partial charge on any atom is 0.170 e. The minimum atomic E-state index is -0.101. The van der Waals surface area contributed by atoms with E-state index in [2.05, 4.69) is 36.9 Å². The highest BCUT2D eigenvalue weighted by Crippen LogP contribution is 2.40. The molecule has 4 heterocycles. The molecule has 3 aromatic heterocycles. The number of benzene rings is 1. The van der Waals surface area contributed by atoms with Crippen molar-refractivity contribution >= 4 is 17.3 Å². The molecule has 0 radical (unpaired) electrons. The van der Waals surface area contributed by atoms with Crippen LogP contribution < -0.4 is 5.32 Å². The summed E-state index contributed by atoms with van der Waals surface area (Å²) < 4.78 is 2.13. The summed E-state index contributed by atoms with van der Waals surface area (Å²) in [7, 11) is 0. The molecule has 1 aliphatic heterocycles. The van der Waals surface area contributed by atoms with Gasteiger partial charge in [-0.25, -0.2) is 0 Å². The van der Waals surface area contributed by atoms with Gasteiger partial charge in [-0.3, -0.25) is 9.97 Å². The number of pyridine rings is 2. The van der Waals surface area contributed by atoms with Gasteiger partial charge in [-0.15, -0.1) is 0 Å². The van der Waals surface area contributed by atoms with Crippen LogP contribution in [0.5, 0.6) is 5.75 Å². The summed E-state index contributed by atoms with van der Waals surface area (Å²) in [5.41, 5.74) is 4.07. The summed E-state index contributed by atoms with van der Waals surface area (Å²) in [6, 6.07) is 21.1. The zero-order chi connectivity index (χ0) is 21.2. The van der Waals surface area contributed by atoms with Crippen LogP contribution >= 0.6 is 12.2 Å². The van der Waals surface area contributed by atoms with Gasteiger partial charge in [0.1, 0.15) is 5.75 Å². The van der Waals surface area contributed by atoms with Gasteiger partial charge in [0.15, 0.2) is 5.11 Å². The van der Waals surface area contributed by atoms with E-state index < -0.39 is 0 Å². The molecule has 1 aromatic carbocycles. The molecule has 1 fully saturated rings. The second-order valence-electron chi connectivity index (χ2n) is 7.44. The minimum Gasteiger partial charge on any atom is -0.508 e. The quantitative estimate of drug-likeness (QED) is 0.467. The van der Waals surface area contributed by atoms with Crippen molar-refractivity contribution in [3.8, 4) is 11.4 Å². The van der Waals surface area contributed by atoms with Gasteiger partial charge in [0.2, 0.25) is 0 Å². The molecule has 154 valence electrons. The maximum atomic E-state index is 9.71. The molecule has 6 nitrogen and oxygen atoms in total. The number of rotatable bonds is 5. The predicted molar refractivity (Wildman–Crippen MR) is 123 cm³/mol. The van der Waals surface area contributed by atoms with E-state index in [1.54, 1.807) is 24.5 Å². The molecule has 0 aliphatic carbocycles. The lowest BCUT2D eigenvalue weighted by Gasteiger charge is -2.29. The number of hydrogen-bond donors (Lipinski definition) is 2. The van der Waals surface area contributed by atoms with E-state index >= 15 is 0 Å². The molecular formula is C24H21N5OS. The van der Waals surface area contributed by atoms with Gasteiger partial charge in [0.05, 0.1) is 17.8 Å². The summed E-state index contributed by atoms with van der Waals surface area (Å²) >= 11 is 5.77. The Bertz CT molecular complexity index is 1180.